The fourth-order valence-electron chi connectivity index (χ4n) is 1.01. The minimum absolute atomic E-state index is 0.105. The molecule has 0 bridgehead atoms. The molecule has 1 aliphatic rings. The topological polar surface area (TPSA) is 59.9 Å². The second kappa shape index (κ2) is 4.83. The summed E-state index contributed by atoms with van der Waals surface area (Å²) < 4.78 is 5.83. The monoisotopic (exact) mass is 278 g/mol. The Morgan fingerprint density at radius 3 is 2.87 bits per heavy atom. The van der Waals surface area contributed by atoms with Crippen molar-refractivity contribution in [2.45, 2.75) is 38.9 Å². The van der Waals surface area contributed by atoms with Crippen LogP contribution in [0.4, 0.5) is 4.79 Å². The summed E-state index contributed by atoms with van der Waals surface area (Å²) >= 11 is 3.22. The molecule has 0 aromatic rings. The van der Waals surface area contributed by atoms with Crippen molar-refractivity contribution in [2.24, 2.45) is 5.16 Å². The summed E-state index contributed by atoms with van der Waals surface area (Å²) in [6.07, 6.45) is 0.136. The summed E-state index contributed by atoms with van der Waals surface area (Å²) in [7, 11) is 0. The number of halogens is 1. The number of ether oxygens (including phenoxy) is 1. The first-order valence-electron chi connectivity index (χ1n) is 4.72. The normalized spacial score (nSPS) is 20.5. The summed E-state index contributed by atoms with van der Waals surface area (Å²) in [6.45, 7) is 5.85. The van der Waals surface area contributed by atoms with E-state index < -0.39 is 11.7 Å². The van der Waals surface area contributed by atoms with Gasteiger partial charge in [-0.05, 0) is 36.7 Å². The molecule has 0 spiro atoms. The largest absolute Gasteiger partial charge is 0.444 e. The second-order valence-corrected chi connectivity index (χ2v) is 5.20. The van der Waals surface area contributed by atoms with Gasteiger partial charge in [0.05, 0.1) is 6.54 Å². The lowest BCUT2D eigenvalue weighted by Gasteiger charge is -2.20. The lowest BCUT2D eigenvalue weighted by molar-refractivity contribution is 0.0439. The van der Waals surface area contributed by atoms with E-state index in [1.807, 2.05) is 20.8 Å². The number of carbonyl (C=O) groups is 1. The van der Waals surface area contributed by atoms with Crippen molar-refractivity contribution in [1.82, 2.24) is 5.32 Å². The molecule has 1 amide bonds. The fraction of sp³-hybridized carbons (Fsp3) is 0.778. The number of amides is 1. The zero-order valence-electron chi connectivity index (χ0n) is 9.04. The molecule has 0 aliphatic carbocycles. The van der Waals surface area contributed by atoms with E-state index in [-0.39, 0.29) is 6.10 Å². The molecule has 0 aromatic carbocycles. The van der Waals surface area contributed by atoms with Crippen molar-refractivity contribution >= 4 is 26.6 Å². The molecule has 1 aliphatic heterocycles. The van der Waals surface area contributed by atoms with E-state index >= 15 is 0 Å². The fourth-order valence-corrected chi connectivity index (χ4v) is 1.46. The van der Waals surface area contributed by atoms with Gasteiger partial charge >= 0.3 is 6.09 Å². The summed E-state index contributed by atoms with van der Waals surface area (Å²) in [5, 5.41) is 6.33. The molecule has 1 N–H and O–H groups in total. The van der Waals surface area contributed by atoms with Crippen LogP contribution in [0.5, 0.6) is 0 Å². The van der Waals surface area contributed by atoms with E-state index in [1.165, 1.54) is 0 Å². The molecule has 1 unspecified atom stereocenters. The highest BCUT2D eigenvalue weighted by atomic mass is 79.9. The van der Waals surface area contributed by atoms with Gasteiger partial charge in [0.1, 0.15) is 10.2 Å². The Kier molecular flexibility index (Phi) is 3.96. The van der Waals surface area contributed by atoms with Crippen LogP contribution < -0.4 is 5.32 Å². The Balaban J connectivity index is 2.18. The van der Waals surface area contributed by atoms with Gasteiger partial charge in [-0.3, -0.25) is 0 Å². The second-order valence-electron chi connectivity index (χ2n) is 4.28. The Morgan fingerprint density at radius 1 is 1.73 bits per heavy atom. The third-order valence-electron chi connectivity index (χ3n) is 1.57. The van der Waals surface area contributed by atoms with Crippen LogP contribution in [-0.4, -0.2) is 29.0 Å². The van der Waals surface area contributed by atoms with Gasteiger partial charge in [0.2, 0.25) is 0 Å². The predicted octanol–water partition coefficient (Wildman–Crippen LogP) is 2.01. The number of nitrogens with one attached hydrogen (secondary N) is 1. The van der Waals surface area contributed by atoms with E-state index in [0.717, 1.165) is 4.62 Å². The minimum Gasteiger partial charge on any atom is -0.444 e. The standard InChI is InChI=1S/C9H15BrN2O3/c1-9(2,3)14-8(13)11-5-6-4-7(10)12-15-6/h6H,4-5H2,1-3H3,(H,11,13). The minimum atomic E-state index is -0.475. The van der Waals surface area contributed by atoms with Crippen LogP contribution in [0.25, 0.3) is 0 Å². The van der Waals surface area contributed by atoms with Gasteiger partial charge < -0.3 is 14.9 Å². The van der Waals surface area contributed by atoms with Crippen molar-refractivity contribution in [1.29, 1.82) is 0 Å². The van der Waals surface area contributed by atoms with Gasteiger partial charge in [-0.2, -0.15) is 0 Å². The molecule has 0 fully saturated rings. The highest BCUT2D eigenvalue weighted by molar-refractivity contribution is 9.18. The smallest absolute Gasteiger partial charge is 0.407 e. The van der Waals surface area contributed by atoms with Crippen molar-refractivity contribution in [3.8, 4) is 0 Å². The molecule has 0 saturated heterocycles. The van der Waals surface area contributed by atoms with Crippen molar-refractivity contribution in [3.63, 3.8) is 0 Å². The van der Waals surface area contributed by atoms with Crippen molar-refractivity contribution in [3.05, 3.63) is 0 Å². The first kappa shape index (κ1) is 12.3. The number of hydrogen-bond acceptors (Lipinski definition) is 4. The number of oxime groups is 1. The Labute approximate surface area is 97.3 Å². The van der Waals surface area contributed by atoms with Gasteiger partial charge in [0.25, 0.3) is 0 Å². The summed E-state index contributed by atoms with van der Waals surface area (Å²) in [5.74, 6) is 0. The zero-order chi connectivity index (χ0) is 11.5. The average molecular weight is 279 g/mol. The van der Waals surface area contributed by atoms with E-state index in [0.29, 0.717) is 13.0 Å². The molecule has 5 nitrogen and oxygen atoms in total. The summed E-state index contributed by atoms with van der Waals surface area (Å²) in [5.41, 5.74) is -0.475. The third kappa shape index (κ3) is 5.01. The van der Waals surface area contributed by atoms with Crippen molar-refractivity contribution < 1.29 is 14.4 Å². The van der Waals surface area contributed by atoms with Gasteiger partial charge in [-0.1, -0.05) is 5.16 Å². The maximum atomic E-state index is 11.3. The lowest BCUT2D eigenvalue weighted by Crippen LogP contribution is -2.36. The number of hydrogen-bond donors (Lipinski definition) is 1. The molecule has 86 valence electrons. The molecular formula is C9H15BrN2O3. The van der Waals surface area contributed by atoms with Crippen molar-refractivity contribution in [2.75, 3.05) is 6.54 Å². The number of nitrogens with zero attached hydrogens (tertiary/aromatic N) is 1. The van der Waals surface area contributed by atoms with Crippen LogP contribution in [0.1, 0.15) is 27.2 Å². The molecule has 0 aromatic heterocycles. The first-order chi connectivity index (χ1) is 6.87. The lowest BCUT2D eigenvalue weighted by atomic mass is 10.2. The van der Waals surface area contributed by atoms with E-state index in [9.17, 15) is 4.79 Å². The van der Waals surface area contributed by atoms with Crippen LogP contribution in [0.2, 0.25) is 0 Å². The van der Waals surface area contributed by atoms with Crippen LogP contribution in [-0.2, 0) is 9.57 Å². The summed E-state index contributed by atoms with van der Waals surface area (Å²) in [6, 6.07) is 0. The highest BCUT2D eigenvalue weighted by Gasteiger charge is 2.21. The highest BCUT2D eigenvalue weighted by Crippen LogP contribution is 2.13. The Bertz CT molecular complexity index is 273. The summed E-state index contributed by atoms with van der Waals surface area (Å²) in [4.78, 5) is 16.3. The van der Waals surface area contributed by atoms with Crippen LogP contribution in [0.3, 0.4) is 0 Å². The SMILES string of the molecule is CC(C)(C)OC(=O)NCC1CC(Br)=NO1. The van der Waals surface area contributed by atoms with Crippen LogP contribution in [0, 0.1) is 0 Å². The van der Waals surface area contributed by atoms with Gasteiger partial charge in [-0.25, -0.2) is 4.79 Å². The number of alkyl carbamates (subject to hydrolysis) is 1. The van der Waals surface area contributed by atoms with Crippen LogP contribution in [0.15, 0.2) is 5.16 Å². The molecule has 6 heteroatoms. The molecule has 0 radical (unpaired) electrons. The third-order valence-corrected chi connectivity index (χ3v) is 2.04. The zero-order valence-corrected chi connectivity index (χ0v) is 10.6. The molecule has 0 saturated carbocycles. The quantitative estimate of drug-likeness (QED) is 0.841. The first-order valence-corrected chi connectivity index (χ1v) is 5.51. The molecule has 15 heavy (non-hydrogen) atoms. The number of rotatable bonds is 2. The molecule has 1 rings (SSSR count). The molecule has 1 atom stereocenters. The van der Waals surface area contributed by atoms with Gasteiger partial charge in [0, 0.05) is 6.42 Å². The average Bonchev–Trinajstić information content (AvgIpc) is 2.45. The Hall–Kier alpha value is -0.780. The number of carbonyl (C=O) groups excluding carboxylic acids is 1. The van der Waals surface area contributed by atoms with Gasteiger partial charge in [-0.15, -0.1) is 0 Å². The van der Waals surface area contributed by atoms with E-state index in [1.54, 1.807) is 0 Å². The maximum Gasteiger partial charge on any atom is 0.407 e. The Morgan fingerprint density at radius 2 is 2.40 bits per heavy atom. The molecular weight excluding hydrogens is 264 g/mol. The van der Waals surface area contributed by atoms with Gasteiger partial charge in [0.15, 0.2) is 6.10 Å². The van der Waals surface area contributed by atoms with E-state index in [4.69, 9.17) is 9.57 Å². The van der Waals surface area contributed by atoms with Crippen LogP contribution >= 0.6 is 15.9 Å². The van der Waals surface area contributed by atoms with E-state index in [2.05, 4.69) is 26.4 Å². The maximum absolute atomic E-state index is 11.3. The molecule has 1 heterocycles. The predicted molar refractivity (Wildman–Crippen MR) is 60.1 cm³/mol.